The number of methoxy groups -OCH3 is 1. The molecule has 2 rings (SSSR count). The van der Waals surface area contributed by atoms with Crippen LogP contribution in [0.15, 0.2) is 24.3 Å². The SMILES string of the molecule is COC1CNC(C(=O)N(C)CCOc2ccc(Cl)cc2)C1. The van der Waals surface area contributed by atoms with Gasteiger partial charge in [0.1, 0.15) is 12.4 Å². The van der Waals surface area contributed by atoms with Gasteiger partial charge in [0.05, 0.1) is 18.7 Å². The average Bonchev–Trinajstić information content (AvgIpc) is 2.97. The number of nitrogens with zero attached hydrogens (tertiary/aromatic N) is 1. The van der Waals surface area contributed by atoms with Gasteiger partial charge in [0.25, 0.3) is 0 Å². The molecule has 1 aromatic rings. The molecule has 1 aliphatic heterocycles. The van der Waals surface area contributed by atoms with Gasteiger partial charge in [0.15, 0.2) is 0 Å². The standard InChI is InChI=1S/C15H21ClN2O3/c1-18(15(19)14-9-13(20-2)10-17-14)7-8-21-12-5-3-11(16)4-6-12/h3-6,13-14,17H,7-10H2,1-2H3. The smallest absolute Gasteiger partial charge is 0.239 e. The number of hydrogen-bond acceptors (Lipinski definition) is 4. The molecule has 1 fully saturated rings. The van der Waals surface area contributed by atoms with Crippen molar-refractivity contribution in [2.45, 2.75) is 18.6 Å². The van der Waals surface area contributed by atoms with Crippen LogP contribution in [0.1, 0.15) is 6.42 Å². The number of nitrogens with one attached hydrogen (secondary N) is 1. The third-order valence-corrected chi connectivity index (χ3v) is 3.86. The van der Waals surface area contributed by atoms with E-state index in [1.54, 1.807) is 31.2 Å². The Labute approximate surface area is 130 Å². The van der Waals surface area contributed by atoms with Crippen LogP contribution in [0.25, 0.3) is 0 Å². The molecule has 2 atom stereocenters. The number of rotatable bonds is 6. The topological polar surface area (TPSA) is 50.8 Å². The number of hydrogen-bond donors (Lipinski definition) is 1. The minimum absolute atomic E-state index is 0.0780. The molecule has 1 heterocycles. The molecule has 0 aliphatic carbocycles. The molecule has 0 saturated carbocycles. The molecule has 1 N–H and O–H groups in total. The van der Waals surface area contributed by atoms with Crippen molar-refractivity contribution in [3.8, 4) is 5.75 Å². The van der Waals surface area contributed by atoms with E-state index in [0.717, 1.165) is 18.7 Å². The summed E-state index contributed by atoms with van der Waals surface area (Å²) >= 11 is 5.81. The van der Waals surface area contributed by atoms with Crippen LogP contribution in [-0.2, 0) is 9.53 Å². The van der Waals surface area contributed by atoms with Gasteiger partial charge in [-0.25, -0.2) is 0 Å². The molecule has 1 saturated heterocycles. The number of ether oxygens (including phenoxy) is 2. The van der Waals surface area contributed by atoms with Crippen LogP contribution in [0, 0.1) is 0 Å². The fraction of sp³-hybridized carbons (Fsp3) is 0.533. The zero-order valence-corrected chi connectivity index (χ0v) is 13.1. The lowest BCUT2D eigenvalue weighted by Crippen LogP contribution is -2.43. The van der Waals surface area contributed by atoms with Crippen molar-refractivity contribution < 1.29 is 14.3 Å². The molecule has 21 heavy (non-hydrogen) atoms. The predicted molar refractivity (Wildman–Crippen MR) is 81.8 cm³/mol. The first kappa shape index (κ1) is 16.1. The maximum Gasteiger partial charge on any atom is 0.239 e. The van der Waals surface area contributed by atoms with Crippen molar-refractivity contribution in [2.24, 2.45) is 0 Å². The molecule has 1 aromatic carbocycles. The molecule has 5 nitrogen and oxygen atoms in total. The van der Waals surface area contributed by atoms with Crippen molar-refractivity contribution >= 4 is 17.5 Å². The lowest BCUT2D eigenvalue weighted by atomic mass is 10.2. The Kier molecular flexibility index (Phi) is 5.85. The fourth-order valence-corrected chi connectivity index (χ4v) is 2.40. The summed E-state index contributed by atoms with van der Waals surface area (Å²) in [6, 6.07) is 7.02. The summed E-state index contributed by atoms with van der Waals surface area (Å²) in [4.78, 5) is 13.9. The predicted octanol–water partition coefficient (Wildman–Crippen LogP) is 1.55. The number of carbonyl (C=O) groups is 1. The molecule has 0 aromatic heterocycles. The van der Waals surface area contributed by atoms with Gasteiger partial charge in [0.2, 0.25) is 5.91 Å². The molecule has 0 spiro atoms. The first-order valence-electron chi connectivity index (χ1n) is 6.99. The zero-order chi connectivity index (χ0) is 15.2. The van der Waals surface area contributed by atoms with E-state index in [1.165, 1.54) is 0 Å². The normalized spacial score (nSPS) is 21.3. The van der Waals surface area contributed by atoms with E-state index >= 15 is 0 Å². The van der Waals surface area contributed by atoms with E-state index in [2.05, 4.69) is 5.32 Å². The van der Waals surface area contributed by atoms with E-state index < -0.39 is 0 Å². The van der Waals surface area contributed by atoms with Crippen LogP contribution in [0.5, 0.6) is 5.75 Å². The highest BCUT2D eigenvalue weighted by Crippen LogP contribution is 2.15. The first-order valence-corrected chi connectivity index (χ1v) is 7.37. The highest BCUT2D eigenvalue weighted by atomic mass is 35.5. The van der Waals surface area contributed by atoms with Gasteiger partial charge in [-0.3, -0.25) is 4.79 Å². The van der Waals surface area contributed by atoms with E-state index in [4.69, 9.17) is 21.1 Å². The Hall–Kier alpha value is -1.30. The molecule has 1 aliphatic rings. The molecule has 0 radical (unpaired) electrons. The quantitative estimate of drug-likeness (QED) is 0.866. The third kappa shape index (κ3) is 4.59. The Morgan fingerprint density at radius 3 is 2.76 bits per heavy atom. The summed E-state index contributed by atoms with van der Waals surface area (Å²) < 4.78 is 10.8. The number of benzene rings is 1. The van der Waals surface area contributed by atoms with Gasteiger partial charge in [-0.1, -0.05) is 11.6 Å². The highest BCUT2D eigenvalue weighted by Gasteiger charge is 2.30. The molecule has 6 heteroatoms. The number of halogens is 1. The van der Waals surface area contributed by atoms with Crippen LogP contribution in [-0.4, -0.2) is 56.8 Å². The lowest BCUT2D eigenvalue weighted by molar-refractivity contribution is -0.132. The van der Waals surface area contributed by atoms with Crippen molar-refractivity contribution in [2.75, 3.05) is 33.9 Å². The summed E-state index contributed by atoms with van der Waals surface area (Å²) in [5, 5.41) is 3.86. The zero-order valence-electron chi connectivity index (χ0n) is 12.3. The second kappa shape index (κ2) is 7.64. The third-order valence-electron chi connectivity index (χ3n) is 3.61. The molecule has 2 unspecified atom stereocenters. The molecular weight excluding hydrogens is 292 g/mol. The van der Waals surface area contributed by atoms with Crippen molar-refractivity contribution in [1.29, 1.82) is 0 Å². The summed E-state index contributed by atoms with van der Waals surface area (Å²) in [7, 11) is 3.46. The summed E-state index contributed by atoms with van der Waals surface area (Å²) in [5.41, 5.74) is 0. The van der Waals surface area contributed by atoms with E-state index in [1.807, 2.05) is 12.1 Å². The van der Waals surface area contributed by atoms with Gasteiger partial charge >= 0.3 is 0 Å². The van der Waals surface area contributed by atoms with Gasteiger partial charge < -0.3 is 19.7 Å². The molecule has 116 valence electrons. The minimum Gasteiger partial charge on any atom is -0.492 e. The molecule has 0 bridgehead atoms. The van der Waals surface area contributed by atoms with Crippen molar-refractivity contribution in [3.63, 3.8) is 0 Å². The van der Waals surface area contributed by atoms with Gasteiger partial charge in [-0.2, -0.15) is 0 Å². The van der Waals surface area contributed by atoms with E-state index in [9.17, 15) is 4.79 Å². The van der Waals surface area contributed by atoms with Crippen molar-refractivity contribution in [1.82, 2.24) is 10.2 Å². The van der Waals surface area contributed by atoms with Crippen molar-refractivity contribution in [3.05, 3.63) is 29.3 Å². The Morgan fingerprint density at radius 2 is 2.14 bits per heavy atom. The van der Waals surface area contributed by atoms with Gasteiger partial charge in [-0.15, -0.1) is 0 Å². The number of carbonyl (C=O) groups excluding carboxylic acids is 1. The van der Waals surface area contributed by atoms with Gasteiger partial charge in [0, 0.05) is 25.7 Å². The largest absolute Gasteiger partial charge is 0.492 e. The van der Waals surface area contributed by atoms with Crippen LogP contribution in [0.3, 0.4) is 0 Å². The van der Waals surface area contributed by atoms with Crippen LogP contribution in [0.2, 0.25) is 5.02 Å². The lowest BCUT2D eigenvalue weighted by Gasteiger charge is -2.21. The monoisotopic (exact) mass is 312 g/mol. The summed E-state index contributed by atoms with van der Waals surface area (Å²) in [6.45, 7) is 1.71. The fourth-order valence-electron chi connectivity index (χ4n) is 2.28. The summed E-state index contributed by atoms with van der Waals surface area (Å²) in [5.74, 6) is 0.827. The Bertz CT molecular complexity index is 466. The Morgan fingerprint density at radius 1 is 1.43 bits per heavy atom. The van der Waals surface area contributed by atoms with Gasteiger partial charge in [-0.05, 0) is 30.7 Å². The Balaban J connectivity index is 1.72. The van der Waals surface area contributed by atoms with E-state index in [0.29, 0.717) is 18.2 Å². The first-order chi connectivity index (χ1) is 10.1. The number of likely N-dealkylation sites (N-methyl/N-ethyl adjacent to an activating group) is 1. The number of amides is 1. The maximum atomic E-state index is 12.2. The minimum atomic E-state index is -0.157. The average molecular weight is 313 g/mol. The second-order valence-corrected chi connectivity index (χ2v) is 5.55. The molecule has 1 amide bonds. The van der Waals surface area contributed by atoms with Crippen LogP contribution >= 0.6 is 11.6 Å². The highest BCUT2D eigenvalue weighted by molar-refractivity contribution is 6.30. The van der Waals surface area contributed by atoms with E-state index in [-0.39, 0.29) is 18.1 Å². The summed E-state index contributed by atoms with van der Waals surface area (Å²) in [6.07, 6.45) is 0.843. The molecular formula is C15H21ClN2O3. The van der Waals surface area contributed by atoms with Crippen LogP contribution < -0.4 is 10.1 Å². The maximum absolute atomic E-state index is 12.2. The van der Waals surface area contributed by atoms with Crippen LogP contribution in [0.4, 0.5) is 0 Å². The second-order valence-electron chi connectivity index (χ2n) is 5.12.